The Morgan fingerprint density at radius 2 is 1.87 bits per heavy atom. The van der Waals surface area contributed by atoms with Crippen LogP contribution in [-0.4, -0.2) is 15.4 Å². The predicted molar refractivity (Wildman–Crippen MR) is 47.3 cm³/mol. The number of nitrogens with zero attached hydrogens (tertiary/aromatic N) is 3. The summed E-state index contributed by atoms with van der Waals surface area (Å²) in [5, 5.41) is 10.5. The Hall–Kier alpha value is -1.43. The summed E-state index contributed by atoms with van der Waals surface area (Å²) in [7, 11) is 0. The van der Waals surface area contributed by atoms with Crippen LogP contribution in [0, 0.1) is 0 Å². The third kappa shape index (κ3) is 1.85. The van der Waals surface area contributed by atoms with Crippen LogP contribution in [0.3, 0.4) is 0 Å². The molecular formula is C8H3ClF3N3. The maximum absolute atomic E-state index is 12.3. The van der Waals surface area contributed by atoms with Gasteiger partial charge in [-0.1, -0.05) is 11.6 Å². The quantitative estimate of drug-likeness (QED) is 0.702. The molecule has 0 radical (unpaired) electrons. The van der Waals surface area contributed by atoms with Crippen molar-refractivity contribution in [2.45, 2.75) is 6.18 Å². The fourth-order valence-corrected chi connectivity index (χ4v) is 1.32. The average molecular weight is 234 g/mol. The molecule has 1 aromatic carbocycles. The van der Waals surface area contributed by atoms with Crippen LogP contribution in [0.15, 0.2) is 18.2 Å². The summed E-state index contributed by atoms with van der Waals surface area (Å²) in [6.45, 7) is 0. The Morgan fingerprint density at radius 1 is 1.13 bits per heavy atom. The van der Waals surface area contributed by atoms with Gasteiger partial charge < -0.3 is 0 Å². The van der Waals surface area contributed by atoms with E-state index in [9.17, 15) is 13.2 Å². The minimum absolute atomic E-state index is 0.0359. The first kappa shape index (κ1) is 10.1. The smallest absolute Gasteiger partial charge is 0.166 e. The van der Waals surface area contributed by atoms with Gasteiger partial charge in [0.2, 0.25) is 0 Å². The van der Waals surface area contributed by atoms with E-state index in [2.05, 4.69) is 15.4 Å². The van der Waals surface area contributed by atoms with Gasteiger partial charge in [-0.25, -0.2) is 0 Å². The van der Waals surface area contributed by atoms with Gasteiger partial charge in [-0.15, -0.1) is 10.2 Å². The molecule has 0 N–H and O–H groups in total. The molecular weight excluding hydrogens is 231 g/mol. The molecule has 2 rings (SSSR count). The van der Waals surface area contributed by atoms with Crippen molar-refractivity contribution in [3.05, 3.63) is 28.9 Å². The zero-order chi connectivity index (χ0) is 11.1. The predicted octanol–water partition coefficient (Wildman–Crippen LogP) is 2.70. The third-order valence-electron chi connectivity index (χ3n) is 1.83. The topological polar surface area (TPSA) is 38.7 Å². The largest absolute Gasteiger partial charge is 0.416 e. The van der Waals surface area contributed by atoms with Crippen LogP contribution >= 0.6 is 11.6 Å². The van der Waals surface area contributed by atoms with Gasteiger partial charge in [0.25, 0.3) is 0 Å². The van der Waals surface area contributed by atoms with E-state index >= 15 is 0 Å². The lowest BCUT2D eigenvalue weighted by molar-refractivity contribution is -0.137. The van der Waals surface area contributed by atoms with E-state index < -0.39 is 11.7 Å². The number of alkyl halides is 3. The molecule has 0 fully saturated rings. The van der Waals surface area contributed by atoms with Crippen molar-refractivity contribution in [1.29, 1.82) is 0 Å². The highest BCUT2D eigenvalue weighted by Gasteiger charge is 2.30. The van der Waals surface area contributed by atoms with Gasteiger partial charge in [0, 0.05) is 5.39 Å². The van der Waals surface area contributed by atoms with Crippen LogP contribution in [-0.2, 0) is 6.18 Å². The van der Waals surface area contributed by atoms with Gasteiger partial charge >= 0.3 is 6.18 Å². The fraction of sp³-hybridized carbons (Fsp3) is 0.125. The molecule has 78 valence electrons. The van der Waals surface area contributed by atoms with Crippen molar-refractivity contribution >= 4 is 22.5 Å². The van der Waals surface area contributed by atoms with Gasteiger partial charge in [0.1, 0.15) is 0 Å². The van der Waals surface area contributed by atoms with Gasteiger partial charge in [0.05, 0.1) is 11.1 Å². The number of rotatable bonds is 0. The van der Waals surface area contributed by atoms with Crippen molar-refractivity contribution in [3.63, 3.8) is 0 Å². The third-order valence-corrected chi connectivity index (χ3v) is 2.11. The molecule has 1 heterocycles. The zero-order valence-electron chi connectivity index (χ0n) is 7.09. The van der Waals surface area contributed by atoms with Crippen molar-refractivity contribution in [2.24, 2.45) is 0 Å². The molecule has 0 aliphatic rings. The van der Waals surface area contributed by atoms with E-state index in [4.69, 9.17) is 11.6 Å². The number of hydrogen-bond donors (Lipinski definition) is 0. The standard InChI is InChI=1S/C8H3ClF3N3/c9-7-5-2-1-4(8(10,11)12)3-6(5)13-15-14-7/h1-3H. The number of halogens is 4. The number of hydrogen-bond acceptors (Lipinski definition) is 3. The molecule has 0 saturated carbocycles. The van der Waals surface area contributed by atoms with E-state index in [1.165, 1.54) is 6.07 Å². The van der Waals surface area contributed by atoms with E-state index in [-0.39, 0.29) is 10.7 Å². The molecule has 0 amide bonds. The monoisotopic (exact) mass is 233 g/mol. The molecule has 0 unspecified atom stereocenters. The van der Waals surface area contributed by atoms with Crippen molar-refractivity contribution in [3.8, 4) is 0 Å². The first-order chi connectivity index (χ1) is 6.98. The molecule has 15 heavy (non-hydrogen) atoms. The maximum atomic E-state index is 12.3. The Morgan fingerprint density at radius 3 is 2.53 bits per heavy atom. The first-order valence-electron chi connectivity index (χ1n) is 3.84. The highest BCUT2D eigenvalue weighted by atomic mass is 35.5. The molecule has 3 nitrogen and oxygen atoms in total. The summed E-state index contributed by atoms with van der Waals surface area (Å²) in [5.41, 5.74) is -0.712. The highest BCUT2D eigenvalue weighted by Crippen LogP contribution is 2.31. The number of fused-ring (bicyclic) bond motifs is 1. The summed E-state index contributed by atoms with van der Waals surface area (Å²) in [6, 6.07) is 3.04. The van der Waals surface area contributed by atoms with Gasteiger partial charge in [-0.3, -0.25) is 0 Å². The highest BCUT2D eigenvalue weighted by molar-refractivity contribution is 6.33. The number of aromatic nitrogens is 3. The molecule has 0 bridgehead atoms. The van der Waals surface area contributed by atoms with E-state index in [0.717, 1.165) is 12.1 Å². The molecule has 0 aliphatic heterocycles. The number of benzene rings is 1. The Kier molecular flexibility index (Phi) is 2.22. The van der Waals surface area contributed by atoms with Gasteiger partial charge in [-0.05, 0) is 23.4 Å². The van der Waals surface area contributed by atoms with Crippen LogP contribution in [0.2, 0.25) is 5.15 Å². The van der Waals surface area contributed by atoms with Crippen LogP contribution < -0.4 is 0 Å². The molecule has 0 atom stereocenters. The summed E-state index contributed by atoms with van der Waals surface area (Å²) < 4.78 is 37.0. The fourth-order valence-electron chi connectivity index (χ4n) is 1.13. The Labute approximate surface area is 86.9 Å². The van der Waals surface area contributed by atoms with E-state index in [0.29, 0.717) is 5.39 Å². The van der Waals surface area contributed by atoms with Crippen LogP contribution in [0.25, 0.3) is 10.9 Å². The molecule has 0 spiro atoms. The van der Waals surface area contributed by atoms with Gasteiger partial charge in [0.15, 0.2) is 5.15 Å². The minimum atomic E-state index is -4.40. The van der Waals surface area contributed by atoms with Gasteiger partial charge in [-0.2, -0.15) is 13.2 Å². The SMILES string of the molecule is FC(F)(F)c1ccc2c(Cl)nnnc2c1. The molecule has 0 aliphatic carbocycles. The van der Waals surface area contributed by atoms with Crippen molar-refractivity contribution in [1.82, 2.24) is 15.4 Å². The second kappa shape index (κ2) is 3.30. The molecule has 1 aromatic heterocycles. The summed E-state index contributed by atoms with van der Waals surface area (Å²) in [4.78, 5) is 0. The molecule has 7 heteroatoms. The van der Waals surface area contributed by atoms with Crippen molar-refractivity contribution < 1.29 is 13.2 Å². The lowest BCUT2D eigenvalue weighted by atomic mass is 10.1. The van der Waals surface area contributed by atoms with E-state index in [1.807, 2.05) is 0 Å². The van der Waals surface area contributed by atoms with Crippen LogP contribution in [0.5, 0.6) is 0 Å². The second-order valence-corrected chi connectivity index (χ2v) is 3.17. The minimum Gasteiger partial charge on any atom is -0.166 e. The summed E-state index contributed by atoms with van der Waals surface area (Å²) in [6.07, 6.45) is -4.40. The Balaban J connectivity index is 2.68. The second-order valence-electron chi connectivity index (χ2n) is 2.81. The van der Waals surface area contributed by atoms with Crippen LogP contribution in [0.4, 0.5) is 13.2 Å². The normalized spacial score (nSPS) is 12.0. The van der Waals surface area contributed by atoms with Crippen molar-refractivity contribution in [2.75, 3.05) is 0 Å². The summed E-state index contributed by atoms with van der Waals surface area (Å²) >= 11 is 5.63. The first-order valence-corrected chi connectivity index (χ1v) is 4.22. The maximum Gasteiger partial charge on any atom is 0.416 e. The lowest BCUT2D eigenvalue weighted by Crippen LogP contribution is -2.05. The van der Waals surface area contributed by atoms with Crippen LogP contribution in [0.1, 0.15) is 5.56 Å². The van der Waals surface area contributed by atoms with E-state index in [1.54, 1.807) is 0 Å². The molecule has 2 aromatic rings. The molecule has 0 saturated heterocycles. The lowest BCUT2D eigenvalue weighted by Gasteiger charge is -2.06. The average Bonchev–Trinajstić information content (AvgIpc) is 2.16. The Bertz CT molecular complexity index is 512. The summed E-state index contributed by atoms with van der Waals surface area (Å²) in [5.74, 6) is 0. The zero-order valence-corrected chi connectivity index (χ0v) is 7.84.